The molecule has 0 saturated carbocycles. The number of carbonyl (C=O) groups is 3. The van der Waals surface area contributed by atoms with Crippen molar-refractivity contribution in [2.45, 2.75) is 6.92 Å². The smallest absolute Gasteiger partial charge is 0.333 e. The largest absolute Gasteiger partial charge is 0.496 e. The number of rotatable bonds is 6. The molecule has 0 aliphatic carbocycles. The van der Waals surface area contributed by atoms with Crippen LogP contribution in [-0.2, 0) is 14.3 Å². The zero-order valence-electron chi connectivity index (χ0n) is 12.9. The summed E-state index contributed by atoms with van der Waals surface area (Å²) >= 11 is 1.21. The standard InChI is InChI=1S/C16H17NO5S/c1-3-22-16(20)8-15-17(14(19)10-23-15)9-12(18)11-6-4-5-7-13(11)21-2/h4-8H,3,9-10H2,1-2H3. The van der Waals surface area contributed by atoms with Crippen molar-refractivity contribution in [3.8, 4) is 5.75 Å². The molecule has 23 heavy (non-hydrogen) atoms. The van der Waals surface area contributed by atoms with Crippen molar-refractivity contribution < 1.29 is 23.9 Å². The first-order valence-electron chi connectivity index (χ1n) is 7.04. The molecule has 1 amide bonds. The van der Waals surface area contributed by atoms with Crippen molar-refractivity contribution in [3.05, 3.63) is 40.9 Å². The molecule has 1 aliphatic rings. The van der Waals surface area contributed by atoms with Gasteiger partial charge in [-0.05, 0) is 19.1 Å². The Bertz CT molecular complexity index is 656. The van der Waals surface area contributed by atoms with E-state index in [-0.39, 0.29) is 30.6 Å². The summed E-state index contributed by atoms with van der Waals surface area (Å²) in [6.45, 7) is 1.81. The van der Waals surface area contributed by atoms with Crippen LogP contribution in [0.3, 0.4) is 0 Å². The molecule has 0 N–H and O–H groups in total. The topological polar surface area (TPSA) is 72.9 Å². The van der Waals surface area contributed by atoms with Gasteiger partial charge in [-0.1, -0.05) is 23.9 Å². The van der Waals surface area contributed by atoms with Gasteiger partial charge in [-0.3, -0.25) is 14.5 Å². The first kappa shape index (κ1) is 17.1. The van der Waals surface area contributed by atoms with Gasteiger partial charge >= 0.3 is 5.97 Å². The molecule has 6 nitrogen and oxygen atoms in total. The van der Waals surface area contributed by atoms with Crippen LogP contribution in [0.2, 0.25) is 0 Å². The summed E-state index contributed by atoms with van der Waals surface area (Å²) in [4.78, 5) is 37.3. The fourth-order valence-electron chi connectivity index (χ4n) is 2.09. The van der Waals surface area contributed by atoms with E-state index in [1.54, 1.807) is 31.2 Å². The van der Waals surface area contributed by atoms with Crippen LogP contribution >= 0.6 is 11.8 Å². The monoisotopic (exact) mass is 335 g/mol. The van der Waals surface area contributed by atoms with Gasteiger partial charge in [-0.25, -0.2) is 4.79 Å². The minimum atomic E-state index is -0.528. The Morgan fingerprint density at radius 3 is 2.78 bits per heavy atom. The lowest BCUT2D eigenvalue weighted by atomic mass is 10.1. The highest BCUT2D eigenvalue weighted by molar-refractivity contribution is 8.04. The third-order valence-corrected chi connectivity index (χ3v) is 4.17. The number of nitrogens with zero attached hydrogens (tertiary/aromatic N) is 1. The Hall–Kier alpha value is -2.28. The van der Waals surface area contributed by atoms with E-state index in [9.17, 15) is 14.4 Å². The second kappa shape index (κ2) is 7.82. The Morgan fingerprint density at radius 1 is 1.35 bits per heavy atom. The molecular weight excluding hydrogens is 318 g/mol. The van der Waals surface area contributed by atoms with Crippen LogP contribution in [0.1, 0.15) is 17.3 Å². The lowest BCUT2D eigenvalue weighted by Gasteiger charge is -2.17. The Labute approximate surface area is 138 Å². The van der Waals surface area contributed by atoms with Crippen LogP contribution in [0, 0.1) is 0 Å². The molecule has 0 atom stereocenters. The highest BCUT2D eigenvalue weighted by atomic mass is 32.2. The minimum absolute atomic E-state index is 0.141. The molecule has 0 bridgehead atoms. The minimum Gasteiger partial charge on any atom is -0.496 e. The lowest BCUT2D eigenvalue weighted by Crippen LogP contribution is -2.31. The molecule has 1 fully saturated rings. The number of ketones is 1. The Balaban J connectivity index is 2.17. The van der Waals surface area contributed by atoms with Crippen LogP contribution < -0.4 is 4.74 Å². The first-order chi connectivity index (χ1) is 11.1. The van der Waals surface area contributed by atoms with Crippen LogP contribution in [0.15, 0.2) is 35.4 Å². The third-order valence-electron chi connectivity index (χ3n) is 3.15. The summed E-state index contributed by atoms with van der Waals surface area (Å²) in [6, 6.07) is 6.82. The molecule has 0 radical (unpaired) electrons. The van der Waals surface area contributed by atoms with Gasteiger partial charge in [0.05, 0.1) is 42.7 Å². The first-order valence-corrected chi connectivity index (χ1v) is 8.03. The molecule has 0 unspecified atom stereocenters. The summed E-state index contributed by atoms with van der Waals surface area (Å²) in [6.07, 6.45) is 1.24. The van der Waals surface area contributed by atoms with Crippen molar-refractivity contribution >= 4 is 29.4 Å². The van der Waals surface area contributed by atoms with Gasteiger partial charge in [0.2, 0.25) is 5.91 Å². The number of methoxy groups -OCH3 is 1. The van der Waals surface area contributed by atoms with Gasteiger partial charge in [0.1, 0.15) is 5.75 Å². The maximum absolute atomic E-state index is 12.5. The van der Waals surface area contributed by atoms with E-state index in [4.69, 9.17) is 9.47 Å². The van der Waals surface area contributed by atoms with E-state index in [1.807, 2.05) is 0 Å². The van der Waals surface area contributed by atoms with E-state index >= 15 is 0 Å². The van der Waals surface area contributed by atoms with Crippen molar-refractivity contribution in [2.24, 2.45) is 0 Å². The maximum Gasteiger partial charge on any atom is 0.333 e. The predicted molar refractivity (Wildman–Crippen MR) is 86.2 cm³/mol. The second-order valence-electron chi connectivity index (χ2n) is 4.63. The van der Waals surface area contributed by atoms with E-state index in [0.717, 1.165) is 0 Å². The summed E-state index contributed by atoms with van der Waals surface area (Å²) in [5.74, 6) is -0.348. The predicted octanol–water partition coefficient (Wildman–Crippen LogP) is 1.86. The van der Waals surface area contributed by atoms with Crippen LogP contribution in [0.4, 0.5) is 0 Å². The zero-order chi connectivity index (χ0) is 16.8. The van der Waals surface area contributed by atoms with E-state index in [0.29, 0.717) is 16.3 Å². The zero-order valence-corrected chi connectivity index (χ0v) is 13.7. The maximum atomic E-state index is 12.5. The Kier molecular flexibility index (Phi) is 5.81. The van der Waals surface area contributed by atoms with Crippen molar-refractivity contribution in [1.29, 1.82) is 0 Å². The van der Waals surface area contributed by atoms with E-state index < -0.39 is 5.97 Å². The second-order valence-corrected chi connectivity index (χ2v) is 5.62. The Morgan fingerprint density at radius 2 is 2.09 bits per heavy atom. The van der Waals surface area contributed by atoms with Crippen LogP contribution in [0.25, 0.3) is 0 Å². The van der Waals surface area contributed by atoms with Crippen LogP contribution in [0.5, 0.6) is 5.75 Å². The number of ether oxygens (including phenoxy) is 2. The van der Waals surface area contributed by atoms with Gasteiger partial charge in [0.15, 0.2) is 5.78 Å². The average molecular weight is 335 g/mol. The van der Waals surface area contributed by atoms with E-state index in [1.165, 1.54) is 29.8 Å². The number of carbonyl (C=O) groups excluding carboxylic acids is 3. The summed E-state index contributed by atoms with van der Waals surface area (Å²) in [5, 5.41) is 0.427. The van der Waals surface area contributed by atoms with Crippen molar-refractivity contribution in [3.63, 3.8) is 0 Å². The molecule has 0 aromatic heterocycles. The molecule has 1 aromatic rings. The quantitative estimate of drug-likeness (QED) is 0.449. The molecule has 122 valence electrons. The summed E-state index contributed by atoms with van der Waals surface area (Å²) in [7, 11) is 1.48. The number of thioether (sulfide) groups is 1. The molecule has 0 spiro atoms. The number of Topliss-reactive ketones (excluding diaryl/α,β-unsaturated/α-hetero) is 1. The molecule has 2 rings (SSSR count). The molecule has 1 heterocycles. The molecule has 1 saturated heterocycles. The molecule has 1 aromatic carbocycles. The SMILES string of the molecule is CCOC(=O)C=C1SCC(=O)N1CC(=O)c1ccccc1OC. The third kappa shape index (κ3) is 4.13. The fraction of sp³-hybridized carbons (Fsp3) is 0.312. The van der Waals surface area contributed by atoms with Gasteiger partial charge in [-0.15, -0.1) is 0 Å². The molecule has 7 heteroatoms. The van der Waals surface area contributed by atoms with Gasteiger partial charge < -0.3 is 9.47 Å². The van der Waals surface area contributed by atoms with Gasteiger partial charge in [-0.2, -0.15) is 0 Å². The van der Waals surface area contributed by atoms with Gasteiger partial charge in [0, 0.05) is 0 Å². The highest BCUT2D eigenvalue weighted by Crippen LogP contribution is 2.29. The van der Waals surface area contributed by atoms with Crippen molar-refractivity contribution in [2.75, 3.05) is 26.0 Å². The fourth-order valence-corrected chi connectivity index (χ4v) is 3.02. The highest BCUT2D eigenvalue weighted by Gasteiger charge is 2.30. The number of hydrogen-bond acceptors (Lipinski definition) is 6. The summed E-state index contributed by atoms with van der Waals surface area (Å²) in [5.41, 5.74) is 0.398. The normalized spacial score (nSPS) is 15.8. The van der Waals surface area contributed by atoms with Crippen molar-refractivity contribution in [1.82, 2.24) is 4.90 Å². The number of para-hydroxylation sites is 1. The van der Waals surface area contributed by atoms with Crippen LogP contribution in [-0.4, -0.2) is 48.6 Å². The molecule has 1 aliphatic heterocycles. The van der Waals surface area contributed by atoms with E-state index in [2.05, 4.69) is 0 Å². The number of esters is 1. The number of benzene rings is 1. The summed E-state index contributed by atoms with van der Waals surface area (Å²) < 4.78 is 10.0. The number of amides is 1. The number of hydrogen-bond donors (Lipinski definition) is 0. The average Bonchev–Trinajstić information content (AvgIpc) is 2.88. The lowest BCUT2D eigenvalue weighted by molar-refractivity contribution is -0.137. The molecular formula is C16H17NO5S. The van der Waals surface area contributed by atoms with Gasteiger partial charge in [0.25, 0.3) is 0 Å².